The SMILES string of the molecule is CC(C)(C)OC(=O)N1CC(NC(=O)c2cc(F)cc(B3OC(C)(C)C(C)(C)O3)c2)C1. The first-order chi connectivity index (χ1) is 13.7. The van der Waals surface area contributed by atoms with Crippen LogP contribution in [0.3, 0.4) is 0 Å². The van der Waals surface area contributed by atoms with Crippen LogP contribution in [0.25, 0.3) is 0 Å². The molecule has 2 amide bonds. The van der Waals surface area contributed by atoms with E-state index in [-0.39, 0.29) is 11.6 Å². The average molecular weight is 420 g/mol. The second-order valence-electron chi connectivity index (χ2n) is 9.92. The summed E-state index contributed by atoms with van der Waals surface area (Å²) in [6.07, 6.45) is -0.415. The molecular formula is C21H30BFN2O5. The van der Waals surface area contributed by atoms with Gasteiger partial charge in [-0.05, 0) is 72.1 Å². The highest BCUT2D eigenvalue weighted by Crippen LogP contribution is 2.36. The minimum absolute atomic E-state index is 0.176. The van der Waals surface area contributed by atoms with Crippen LogP contribution in [-0.4, -0.2) is 60.0 Å². The molecule has 0 bridgehead atoms. The van der Waals surface area contributed by atoms with E-state index < -0.39 is 41.7 Å². The number of rotatable bonds is 3. The fraction of sp³-hybridized carbons (Fsp3) is 0.619. The molecule has 2 saturated heterocycles. The second-order valence-corrected chi connectivity index (χ2v) is 9.92. The molecule has 164 valence electrons. The Labute approximate surface area is 177 Å². The van der Waals surface area contributed by atoms with E-state index in [9.17, 15) is 14.0 Å². The van der Waals surface area contributed by atoms with Crippen LogP contribution in [0.2, 0.25) is 0 Å². The summed E-state index contributed by atoms with van der Waals surface area (Å²) < 4.78 is 31.4. The fourth-order valence-electron chi connectivity index (χ4n) is 3.17. The number of benzene rings is 1. The van der Waals surface area contributed by atoms with Gasteiger partial charge >= 0.3 is 13.2 Å². The lowest BCUT2D eigenvalue weighted by Gasteiger charge is -2.39. The number of nitrogens with one attached hydrogen (secondary N) is 1. The molecule has 0 spiro atoms. The highest BCUT2D eigenvalue weighted by atomic mass is 19.1. The standard InChI is InChI=1S/C21H30BFN2O5/c1-19(2,3)28-18(27)25-11-16(12-25)24-17(26)13-8-14(10-15(23)9-13)22-29-20(4,5)21(6,7)30-22/h8-10,16H,11-12H2,1-7H3,(H,24,26). The summed E-state index contributed by atoms with van der Waals surface area (Å²) >= 11 is 0. The van der Waals surface area contributed by atoms with E-state index in [1.165, 1.54) is 17.0 Å². The van der Waals surface area contributed by atoms with Gasteiger partial charge < -0.3 is 24.3 Å². The zero-order valence-electron chi connectivity index (χ0n) is 18.7. The molecule has 1 aromatic rings. The number of carbonyl (C=O) groups excluding carboxylic acids is 2. The van der Waals surface area contributed by atoms with Gasteiger partial charge in [0.1, 0.15) is 11.4 Å². The molecule has 2 aliphatic rings. The van der Waals surface area contributed by atoms with Crippen molar-refractivity contribution in [1.82, 2.24) is 10.2 Å². The van der Waals surface area contributed by atoms with E-state index in [1.54, 1.807) is 26.8 Å². The maximum Gasteiger partial charge on any atom is 0.494 e. The molecule has 2 aliphatic heterocycles. The second kappa shape index (κ2) is 7.53. The van der Waals surface area contributed by atoms with Gasteiger partial charge in [0.15, 0.2) is 0 Å². The summed E-state index contributed by atoms with van der Waals surface area (Å²) in [5.74, 6) is -0.961. The smallest absolute Gasteiger partial charge is 0.444 e. The van der Waals surface area contributed by atoms with Crippen molar-refractivity contribution in [1.29, 1.82) is 0 Å². The molecule has 30 heavy (non-hydrogen) atoms. The third-order valence-corrected chi connectivity index (χ3v) is 5.58. The summed E-state index contributed by atoms with van der Waals surface area (Å²) in [5, 5.41) is 2.82. The summed E-state index contributed by atoms with van der Waals surface area (Å²) in [7, 11) is -0.761. The molecule has 0 saturated carbocycles. The largest absolute Gasteiger partial charge is 0.494 e. The van der Waals surface area contributed by atoms with Crippen LogP contribution in [0.5, 0.6) is 0 Å². The van der Waals surface area contributed by atoms with Crippen LogP contribution in [0.4, 0.5) is 9.18 Å². The van der Waals surface area contributed by atoms with E-state index in [4.69, 9.17) is 14.0 Å². The van der Waals surface area contributed by atoms with Crippen molar-refractivity contribution in [2.45, 2.75) is 71.3 Å². The zero-order valence-corrected chi connectivity index (χ0v) is 18.7. The van der Waals surface area contributed by atoms with Crippen molar-refractivity contribution < 1.29 is 28.0 Å². The maximum absolute atomic E-state index is 14.2. The van der Waals surface area contributed by atoms with E-state index in [1.807, 2.05) is 27.7 Å². The van der Waals surface area contributed by atoms with Crippen molar-refractivity contribution in [3.63, 3.8) is 0 Å². The quantitative estimate of drug-likeness (QED) is 0.761. The minimum atomic E-state index is -0.761. The van der Waals surface area contributed by atoms with Crippen LogP contribution in [0, 0.1) is 5.82 Å². The Bertz CT molecular complexity index is 830. The van der Waals surface area contributed by atoms with Gasteiger partial charge in [-0.2, -0.15) is 0 Å². The third kappa shape index (κ3) is 4.78. The van der Waals surface area contributed by atoms with E-state index in [0.29, 0.717) is 18.6 Å². The first kappa shape index (κ1) is 22.6. The summed E-state index contributed by atoms with van der Waals surface area (Å²) in [6.45, 7) is 13.7. The molecule has 0 aliphatic carbocycles. The molecule has 2 fully saturated rings. The monoisotopic (exact) mass is 420 g/mol. The van der Waals surface area contributed by atoms with E-state index >= 15 is 0 Å². The Morgan fingerprint density at radius 2 is 1.70 bits per heavy atom. The van der Waals surface area contributed by atoms with E-state index in [0.717, 1.165) is 0 Å². The molecule has 2 heterocycles. The Balaban J connectivity index is 1.62. The summed E-state index contributed by atoms with van der Waals surface area (Å²) in [4.78, 5) is 26.1. The highest BCUT2D eigenvalue weighted by molar-refractivity contribution is 6.62. The van der Waals surface area contributed by atoms with Gasteiger partial charge in [0, 0.05) is 18.7 Å². The first-order valence-electron chi connectivity index (χ1n) is 10.1. The maximum atomic E-state index is 14.2. The lowest BCUT2D eigenvalue weighted by molar-refractivity contribution is 0.00533. The number of hydrogen-bond donors (Lipinski definition) is 1. The molecule has 0 aromatic heterocycles. The molecule has 0 atom stereocenters. The molecule has 1 N–H and O–H groups in total. The lowest BCUT2D eigenvalue weighted by atomic mass is 9.78. The predicted octanol–water partition coefficient (Wildman–Crippen LogP) is 2.47. The first-order valence-corrected chi connectivity index (χ1v) is 10.1. The van der Waals surface area contributed by atoms with Crippen molar-refractivity contribution in [2.24, 2.45) is 0 Å². The fourth-order valence-corrected chi connectivity index (χ4v) is 3.17. The van der Waals surface area contributed by atoms with Crippen molar-refractivity contribution >= 4 is 24.6 Å². The molecule has 0 unspecified atom stereocenters. The number of nitrogens with zero attached hydrogens (tertiary/aromatic N) is 1. The number of ether oxygens (including phenoxy) is 1. The van der Waals surface area contributed by atoms with Gasteiger partial charge in [0.25, 0.3) is 5.91 Å². The Morgan fingerprint density at radius 1 is 1.13 bits per heavy atom. The minimum Gasteiger partial charge on any atom is -0.444 e. The molecular weight excluding hydrogens is 390 g/mol. The van der Waals surface area contributed by atoms with E-state index in [2.05, 4.69) is 5.32 Å². The Morgan fingerprint density at radius 3 is 2.23 bits per heavy atom. The van der Waals surface area contributed by atoms with Gasteiger partial charge in [-0.15, -0.1) is 0 Å². The number of halogens is 1. The molecule has 1 aromatic carbocycles. The third-order valence-electron chi connectivity index (χ3n) is 5.58. The van der Waals surface area contributed by atoms with Crippen molar-refractivity contribution in [2.75, 3.05) is 13.1 Å². The lowest BCUT2D eigenvalue weighted by Crippen LogP contribution is -2.61. The molecule has 0 radical (unpaired) electrons. The van der Waals surface area contributed by atoms with Crippen LogP contribution < -0.4 is 10.8 Å². The highest BCUT2D eigenvalue weighted by Gasteiger charge is 2.52. The van der Waals surface area contributed by atoms with Crippen LogP contribution in [0.1, 0.15) is 58.8 Å². The number of carbonyl (C=O) groups is 2. The van der Waals surface area contributed by atoms with Crippen LogP contribution >= 0.6 is 0 Å². The van der Waals surface area contributed by atoms with Gasteiger partial charge in [-0.3, -0.25) is 4.79 Å². The van der Waals surface area contributed by atoms with Crippen LogP contribution in [-0.2, 0) is 14.0 Å². The van der Waals surface area contributed by atoms with Gasteiger partial charge in [-0.25, -0.2) is 9.18 Å². The number of amides is 2. The van der Waals surface area contributed by atoms with Gasteiger partial charge in [0.05, 0.1) is 17.2 Å². The van der Waals surface area contributed by atoms with Crippen LogP contribution in [0.15, 0.2) is 18.2 Å². The summed E-state index contributed by atoms with van der Waals surface area (Å²) in [5.41, 5.74) is -1.08. The molecule has 3 rings (SSSR count). The van der Waals surface area contributed by atoms with Gasteiger partial charge in [0.2, 0.25) is 0 Å². The number of likely N-dealkylation sites (tertiary alicyclic amines) is 1. The number of hydrogen-bond acceptors (Lipinski definition) is 5. The zero-order chi connectivity index (χ0) is 22.5. The van der Waals surface area contributed by atoms with Crippen molar-refractivity contribution in [3.8, 4) is 0 Å². The summed E-state index contributed by atoms with van der Waals surface area (Å²) in [6, 6.07) is 3.85. The normalized spacial score (nSPS) is 20.7. The topological polar surface area (TPSA) is 77.1 Å². The Hall–Kier alpha value is -2.13. The predicted molar refractivity (Wildman–Crippen MR) is 111 cm³/mol. The molecule has 7 nitrogen and oxygen atoms in total. The van der Waals surface area contributed by atoms with Gasteiger partial charge in [-0.1, -0.05) is 0 Å². The molecule has 9 heteroatoms. The Kier molecular flexibility index (Phi) is 5.66. The van der Waals surface area contributed by atoms with Crippen molar-refractivity contribution in [3.05, 3.63) is 29.6 Å². The average Bonchev–Trinajstić information content (AvgIpc) is 2.76.